The Hall–Kier alpha value is -2.14. The standard InChI is InChI=1S/C15H18N4O/c1-11-17-4-6-19(11)7-5-18-15(20)12-2-3-13-9-16-10-14(13)8-12/h2-4,6,8,16H,5,7,9-10H2,1H3,(H,18,20). The Morgan fingerprint density at radius 1 is 1.40 bits per heavy atom. The largest absolute Gasteiger partial charge is 0.350 e. The molecule has 0 atom stereocenters. The normalized spacial score (nSPS) is 13.2. The Labute approximate surface area is 118 Å². The number of rotatable bonds is 4. The third-order valence-electron chi connectivity index (χ3n) is 3.66. The van der Waals surface area contributed by atoms with Crippen molar-refractivity contribution in [3.63, 3.8) is 0 Å². The number of carbonyl (C=O) groups excluding carboxylic acids is 1. The van der Waals surface area contributed by atoms with E-state index in [0.29, 0.717) is 6.54 Å². The molecular weight excluding hydrogens is 252 g/mol. The van der Waals surface area contributed by atoms with Crippen molar-refractivity contribution in [2.75, 3.05) is 6.54 Å². The molecule has 20 heavy (non-hydrogen) atoms. The summed E-state index contributed by atoms with van der Waals surface area (Å²) in [7, 11) is 0. The van der Waals surface area contributed by atoms with Crippen LogP contribution in [0.25, 0.3) is 0 Å². The Balaban J connectivity index is 1.58. The Morgan fingerprint density at radius 2 is 2.25 bits per heavy atom. The van der Waals surface area contributed by atoms with Gasteiger partial charge in [-0.1, -0.05) is 6.07 Å². The number of hydrogen-bond acceptors (Lipinski definition) is 3. The van der Waals surface area contributed by atoms with Crippen molar-refractivity contribution >= 4 is 5.91 Å². The molecule has 0 saturated heterocycles. The van der Waals surface area contributed by atoms with Gasteiger partial charge in [-0.05, 0) is 30.2 Å². The van der Waals surface area contributed by atoms with Crippen molar-refractivity contribution in [1.29, 1.82) is 0 Å². The van der Waals surface area contributed by atoms with E-state index in [1.165, 1.54) is 11.1 Å². The van der Waals surface area contributed by atoms with Crippen LogP contribution in [0.2, 0.25) is 0 Å². The van der Waals surface area contributed by atoms with Crippen LogP contribution in [0.3, 0.4) is 0 Å². The van der Waals surface area contributed by atoms with E-state index in [-0.39, 0.29) is 5.91 Å². The van der Waals surface area contributed by atoms with Crippen LogP contribution in [0.1, 0.15) is 27.3 Å². The number of amides is 1. The molecule has 0 saturated carbocycles. The third kappa shape index (κ3) is 2.58. The summed E-state index contributed by atoms with van der Waals surface area (Å²) in [5, 5.41) is 6.23. The molecule has 0 fully saturated rings. The predicted molar refractivity (Wildman–Crippen MR) is 76.3 cm³/mol. The lowest BCUT2D eigenvalue weighted by Crippen LogP contribution is -2.27. The number of benzene rings is 1. The summed E-state index contributed by atoms with van der Waals surface area (Å²) in [4.78, 5) is 16.3. The number of carbonyl (C=O) groups is 1. The highest BCUT2D eigenvalue weighted by molar-refractivity contribution is 5.94. The van der Waals surface area contributed by atoms with Gasteiger partial charge in [-0.15, -0.1) is 0 Å². The fourth-order valence-corrected chi connectivity index (χ4v) is 2.47. The van der Waals surface area contributed by atoms with Gasteiger partial charge in [0.25, 0.3) is 5.91 Å². The highest BCUT2D eigenvalue weighted by Crippen LogP contribution is 2.16. The Bertz CT molecular complexity index is 633. The molecule has 1 aromatic carbocycles. The van der Waals surface area contributed by atoms with E-state index in [4.69, 9.17) is 0 Å². The summed E-state index contributed by atoms with van der Waals surface area (Å²) in [5.41, 5.74) is 3.24. The first-order valence-electron chi connectivity index (χ1n) is 6.82. The average molecular weight is 270 g/mol. The van der Waals surface area contributed by atoms with E-state index >= 15 is 0 Å². The zero-order chi connectivity index (χ0) is 13.9. The molecule has 0 unspecified atom stereocenters. The van der Waals surface area contributed by atoms with Crippen molar-refractivity contribution in [2.24, 2.45) is 0 Å². The first-order valence-corrected chi connectivity index (χ1v) is 6.82. The van der Waals surface area contributed by atoms with E-state index in [9.17, 15) is 4.79 Å². The Kier molecular flexibility index (Phi) is 3.52. The molecule has 0 bridgehead atoms. The lowest BCUT2D eigenvalue weighted by atomic mass is 10.1. The van der Waals surface area contributed by atoms with E-state index in [0.717, 1.165) is 31.0 Å². The van der Waals surface area contributed by atoms with Gasteiger partial charge >= 0.3 is 0 Å². The van der Waals surface area contributed by atoms with E-state index < -0.39 is 0 Å². The van der Waals surface area contributed by atoms with Gasteiger partial charge in [0.1, 0.15) is 5.82 Å². The number of hydrogen-bond donors (Lipinski definition) is 2. The fraction of sp³-hybridized carbons (Fsp3) is 0.333. The Morgan fingerprint density at radius 3 is 3.05 bits per heavy atom. The highest BCUT2D eigenvalue weighted by Gasteiger charge is 2.13. The molecule has 104 valence electrons. The maximum atomic E-state index is 12.1. The number of aromatic nitrogens is 2. The molecule has 0 spiro atoms. The van der Waals surface area contributed by atoms with Crippen LogP contribution in [0.15, 0.2) is 30.6 Å². The monoisotopic (exact) mass is 270 g/mol. The van der Waals surface area contributed by atoms with Gasteiger partial charge in [0.2, 0.25) is 0 Å². The summed E-state index contributed by atoms with van der Waals surface area (Å²) in [6, 6.07) is 5.90. The average Bonchev–Trinajstić information content (AvgIpc) is 3.07. The van der Waals surface area contributed by atoms with Gasteiger partial charge in [-0.2, -0.15) is 0 Å². The molecule has 1 aromatic heterocycles. The number of aryl methyl sites for hydroxylation is 1. The summed E-state index contributed by atoms with van der Waals surface area (Å²) in [5.74, 6) is 0.945. The van der Waals surface area contributed by atoms with Gasteiger partial charge in [0.15, 0.2) is 0 Å². The summed E-state index contributed by atoms with van der Waals surface area (Å²) >= 11 is 0. The first-order chi connectivity index (χ1) is 9.74. The molecule has 1 amide bonds. The second-order valence-corrected chi connectivity index (χ2v) is 5.01. The van der Waals surface area contributed by atoms with Gasteiger partial charge in [-0.3, -0.25) is 4.79 Å². The molecule has 2 heterocycles. The lowest BCUT2D eigenvalue weighted by Gasteiger charge is -2.08. The zero-order valence-corrected chi connectivity index (χ0v) is 11.5. The second kappa shape index (κ2) is 5.46. The van der Waals surface area contributed by atoms with Crippen LogP contribution >= 0.6 is 0 Å². The summed E-state index contributed by atoms with van der Waals surface area (Å²) in [6.07, 6.45) is 3.69. The number of fused-ring (bicyclic) bond motifs is 1. The van der Waals surface area contributed by atoms with E-state index in [1.807, 2.05) is 35.9 Å². The van der Waals surface area contributed by atoms with Crippen LogP contribution in [-0.2, 0) is 19.6 Å². The summed E-state index contributed by atoms with van der Waals surface area (Å²) < 4.78 is 2.02. The van der Waals surface area contributed by atoms with Crippen molar-refractivity contribution in [1.82, 2.24) is 20.2 Å². The molecule has 3 rings (SSSR count). The second-order valence-electron chi connectivity index (χ2n) is 5.01. The van der Waals surface area contributed by atoms with Gasteiger partial charge in [-0.25, -0.2) is 4.98 Å². The van der Waals surface area contributed by atoms with E-state index in [2.05, 4.69) is 15.6 Å². The van der Waals surface area contributed by atoms with Crippen LogP contribution < -0.4 is 10.6 Å². The topological polar surface area (TPSA) is 59.0 Å². The minimum atomic E-state index is -0.0162. The fourth-order valence-electron chi connectivity index (χ4n) is 2.47. The minimum Gasteiger partial charge on any atom is -0.350 e. The molecule has 2 aromatic rings. The van der Waals surface area contributed by atoms with Crippen LogP contribution in [0.4, 0.5) is 0 Å². The molecule has 0 radical (unpaired) electrons. The van der Waals surface area contributed by atoms with E-state index in [1.54, 1.807) is 6.20 Å². The van der Waals surface area contributed by atoms with Crippen molar-refractivity contribution < 1.29 is 4.79 Å². The van der Waals surface area contributed by atoms with Crippen molar-refractivity contribution in [3.05, 3.63) is 53.1 Å². The molecule has 1 aliphatic heterocycles. The maximum absolute atomic E-state index is 12.1. The molecule has 1 aliphatic rings. The quantitative estimate of drug-likeness (QED) is 0.878. The highest BCUT2D eigenvalue weighted by atomic mass is 16.1. The molecule has 5 nitrogen and oxygen atoms in total. The summed E-state index contributed by atoms with van der Waals surface area (Å²) in [6.45, 7) is 5.05. The smallest absolute Gasteiger partial charge is 0.251 e. The SMILES string of the molecule is Cc1nccn1CCNC(=O)c1ccc2c(c1)CNC2. The maximum Gasteiger partial charge on any atom is 0.251 e. The number of nitrogens with zero attached hydrogens (tertiary/aromatic N) is 2. The zero-order valence-electron chi connectivity index (χ0n) is 11.5. The van der Waals surface area contributed by atoms with Gasteiger partial charge in [0, 0.05) is 44.1 Å². The molecule has 5 heteroatoms. The molecule has 0 aliphatic carbocycles. The van der Waals surface area contributed by atoms with Gasteiger partial charge in [0.05, 0.1) is 0 Å². The van der Waals surface area contributed by atoms with Crippen LogP contribution in [0, 0.1) is 6.92 Å². The first kappa shape index (κ1) is 12.9. The van der Waals surface area contributed by atoms with Crippen LogP contribution in [0.5, 0.6) is 0 Å². The lowest BCUT2D eigenvalue weighted by molar-refractivity contribution is 0.0952. The van der Waals surface area contributed by atoms with Crippen molar-refractivity contribution in [3.8, 4) is 0 Å². The molecular formula is C15H18N4O. The van der Waals surface area contributed by atoms with Crippen LogP contribution in [-0.4, -0.2) is 22.0 Å². The van der Waals surface area contributed by atoms with Gasteiger partial charge < -0.3 is 15.2 Å². The number of imidazole rings is 1. The predicted octanol–water partition coefficient (Wildman–Crippen LogP) is 1.22. The number of nitrogens with one attached hydrogen (secondary N) is 2. The van der Waals surface area contributed by atoms with Crippen molar-refractivity contribution in [2.45, 2.75) is 26.6 Å². The third-order valence-corrected chi connectivity index (χ3v) is 3.66. The molecule has 2 N–H and O–H groups in total. The minimum absolute atomic E-state index is 0.0162.